The highest BCUT2D eigenvalue weighted by molar-refractivity contribution is 4.98. The fourth-order valence-electron chi connectivity index (χ4n) is 0.720. The quantitative estimate of drug-likeness (QED) is 0.544. The van der Waals surface area contributed by atoms with Crippen LogP contribution in [0, 0.1) is 0 Å². The predicted octanol–water partition coefficient (Wildman–Crippen LogP) is -1.19. The summed E-state index contributed by atoms with van der Waals surface area (Å²) in [4.78, 5) is 0. The lowest BCUT2D eigenvalue weighted by atomic mass is 10.3. The highest BCUT2D eigenvalue weighted by Crippen LogP contribution is 2.06. The van der Waals surface area contributed by atoms with Crippen LogP contribution in [0.15, 0.2) is 6.20 Å². The molecule has 1 rings (SSSR count). The van der Waals surface area contributed by atoms with E-state index in [2.05, 4.69) is 10.3 Å². The van der Waals surface area contributed by atoms with Crippen molar-refractivity contribution in [3.63, 3.8) is 0 Å². The molecule has 0 bridgehead atoms. The van der Waals surface area contributed by atoms with Crippen molar-refractivity contribution in [3.05, 3.63) is 11.9 Å². The molecule has 0 aliphatic carbocycles. The van der Waals surface area contributed by atoms with E-state index in [1.165, 1.54) is 10.9 Å². The molecule has 0 saturated heterocycles. The lowest BCUT2D eigenvalue weighted by Gasteiger charge is -2.04. The van der Waals surface area contributed by atoms with Gasteiger partial charge in [0.05, 0.1) is 11.9 Å². The number of rotatable bonds is 2. The maximum atomic E-state index is 9.17. The van der Waals surface area contributed by atoms with Crippen molar-refractivity contribution in [2.75, 3.05) is 6.54 Å². The van der Waals surface area contributed by atoms with Crippen LogP contribution in [0.2, 0.25) is 0 Å². The molecule has 0 aliphatic heterocycles. The van der Waals surface area contributed by atoms with E-state index in [1.54, 1.807) is 7.05 Å². The molecule has 0 unspecified atom stereocenters. The number of aryl methyl sites for hydroxylation is 1. The number of aliphatic hydroxyl groups is 1. The van der Waals surface area contributed by atoms with Crippen LogP contribution in [0.1, 0.15) is 11.8 Å². The Balaban J connectivity index is 2.82. The number of aromatic nitrogens is 3. The molecule has 1 aromatic rings. The maximum Gasteiger partial charge on any atom is 0.109 e. The summed E-state index contributed by atoms with van der Waals surface area (Å²) in [5.41, 5.74) is 5.85. The van der Waals surface area contributed by atoms with Crippen molar-refractivity contribution in [3.8, 4) is 0 Å². The Labute approximate surface area is 58.5 Å². The summed E-state index contributed by atoms with van der Waals surface area (Å²) in [5.74, 6) is 0. The van der Waals surface area contributed by atoms with Crippen molar-refractivity contribution in [2.45, 2.75) is 6.10 Å². The van der Waals surface area contributed by atoms with Gasteiger partial charge in [0.25, 0.3) is 0 Å². The number of hydrogen-bond acceptors (Lipinski definition) is 4. The first-order chi connectivity index (χ1) is 4.75. The third-order valence-corrected chi connectivity index (χ3v) is 1.31. The number of aliphatic hydroxyl groups excluding tert-OH is 1. The lowest BCUT2D eigenvalue weighted by molar-refractivity contribution is 0.177. The van der Waals surface area contributed by atoms with Crippen molar-refractivity contribution in [2.24, 2.45) is 12.8 Å². The molecule has 5 heteroatoms. The minimum atomic E-state index is -0.653. The van der Waals surface area contributed by atoms with Gasteiger partial charge in [-0.2, -0.15) is 0 Å². The Morgan fingerprint density at radius 1 is 1.90 bits per heavy atom. The molecule has 0 fully saturated rings. The Hall–Kier alpha value is -0.940. The molecular weight excluding hydrogens is 132 g/mol. The summed E-state index contributed by atoms with van der Waals surface area (Å²) in [6, 6.07) is 0. The molecule has 3 N–H and O–H groups in total. The molecule has 0 saturated carbocycles. The van der Waals surface area contributed by atoms with Crippen LogP contribution in [0.3, 0.4) is 0 Å². The molecule has 1 heterocycles. The van der Waals surface area contributed by atoms with Crippen molar-refractivity contribution >= 4 is 0 Å². The van der Waals surface area contributed by atoms with Crippen LogP contribution >= 0.6 is 0 Å². The fraction of sp³-hybridized carbons (Fsp3) is 0.600. The van der Waals surface area contributed by atoms with Crippen LogP contribution in [0.5, 0.6) is 0 Å². The fourth-order valence-corrected chi connectivity index (χ4v) is 0.720. The number of nitrogens with zero attached hydrogens (tertiary/aromatic N) is 3. The minimum absolute atomic E-state index is 0.196. The highest BCUT2D eigenvalue weighted by Gasteiger charge is 2.08. The van der Waals surface area contributed by atoms with Crippen molar-refractivity contribution in [1.82, 2.24) is 15.0 Å². The molecule has 0 aromatic carbocycles. The van der Waals surface area contributed by atoms with Crippen LogP contribution in [-0.2, 0) is 7.05 Å². The average molecular weight is 142 g/mol. The zero-order valence-corrected chi connectivity index (χ0v) is 5.73. The summed E-state index contributed by atoms with van der Waals surface area (Å²) in [7, 11) is 1.71. The van der Waals surface area contributed by atoms with Gasteiger partial charge in [0, 0.05) is 13.6 Å². The number of nitrogens with two attached hydrogens (primary N) is 1. The molecule has 1 atom stereocenters. The van der Waals surface area contributed by atoms with Gasteiger partial charge in [-0.25, -0.2) is 4.68 Å². The van der Waals surface area contributed by atoms with Gasteiger partial charge in [-0.1, -0.05) is 5.21 Å². The van der Waals surface area contributed by atoms with Crippen LogP contribution in [0.4, 0.5) is 0 Å². The van der Waals surface area contributed by atoms with E-state index in [4.69, 9.17) is 5.73 Å². The first-order valence-electron chi connectivity index (χ1n) is 2.98. The minimum Gasteiger partial charge on any atom is -0.385 e. The highest BCUT2D eigenvalue weighted by atomic mass is 16.3. The van der Waals surface area contributed by atoms with Gasteiger partial charge < -0.3 is 10.8 Å². The molecule has 0 spiro atoms. The molecule has 5 nitrogen and oxygen atoms in total. The largest absolute Gasteiger partial charge is 0.385 e. The third kappa shape index (κ3) is 1.14. The van der Waals surface area contributed by atoms with Crippen LogP contribution < -0.4 is 5.73 Å². The van der Waals surface area contributed by atoms with E-state index in [9.17, 15) is 5.11 Å². The Morgan fingerprint density at radius 2 is 2.60 bits per heavy atom. The van der Waals surface area contributed by atoms with E-state index in [-0.39, 0.29) is 6.54 Å². The van der Waals surface area contributed by atoms with Crippen molar-refractivity contribution in [1.29, 1.82) is 0 Å². The molecular formula is C5H10N4O. The Bertz CT molecular complexity index is 209. The molecule has 0 amide bonds. The third-order valence-electron chi connectivity index (χ3n) is 1.31. The normalized spacial score (nSPS) is 13.5. The van der Waals surface area contributed by atoms with Gasteiger partial charge in [0.2, 0.25) is 0 Å². The summed E-state index contributed by atoms with van der Waals surface area (Å²) in [6.45, 7) is 0.196. The summed E-state index contributed by atoms with van der Waals surface area (Å²) in [5, 5.41) is 16.4. The second kappa shape index (κ2) is 2.76. The van der Waals surface area contributed by atoms with E-state index in [1.807, 2.05) is 0 Å². The van der Waals surface area contributed by atoms with Gasteiger partial charge >= 0.3 is 0 Å². The number of hydrogen-bond donors (Lipinski definition) is 2. The van der Waals surface area contributed by atoms with Crippen molar-refractivity contribution < 1.29 is 5.11 Å². The van der Waals surface area contributed by atoms with E-state index in [0.717, 1.165) is 0 Å². The zero-order valence-electron chi connectivity index (χ0n) is 5.73. The van der Waals surface area contributed by atoms with Crippen LogP contribution in [0.25, 0.3) is 0 Å². The van der Waals surface area contributed by atoms with E-state index < -0.39 is 6.10 Å². The van der Waals surface area contributed by atoms with Gasteiger partial charge in [-0.3, -0.25) is 0 Å². The maximum absolute atomic E-state index is 9.17. The standard InChI is InChI=1S/C5H10N4O/c1-9-4(3-7-8-9)5(10)2-6/h3,5,10H,2,6H2,1H3/t5-/m0/s1. The lowest BCUT2D eigenvalue weighted by Crippen LogP contribution is -2.14. The first kappa shape index (κ1) is 7.17. The van der Waals surface area contributed by atoms with Gasteiger partial charge in [-0.15, -0.1) is 5.10 Å². The SMILES string of the molecule is Cn1nncc1[C@@H](O)CN. The van der Waals surface area contributed by atoms with Gasteiger partial charge in [-0.05, 0) is 0 Å². The molecule has 0 radical (unpaired) electrons. The molecule has 56 valence electrons. The first-order valence-corrected chi connectivity index (χ1v) is 2.98. The van der Waals surface area contributed by atoms with E-state index in [0.29, 0.717) is 5.69 Å². The Kier molecular flexibility index (Phi) is 1.98. The van der Waals surface area contributed by atoms with Gasteiger partial charge in [0.1, 0.15) is 6.10 Å². The van der Waals surface area contributed by atoms with E-state index >= 15 is 0 Å². The average Bonchev–Trinajstić information content (AvgIpc) is 2.34. The zero-order chi connectivity index (χ0) is 7.56. The summed E-state index contributed by atoms with van der Waals surface area (Å²) in [6.07, 6.45) is 0.845. The van der Waals surface area contributed by atoms with Crippen LogP contribution in [-0.4, -0.2) is 26.6 Å². The molecule has 1 aromatic heterocycles. The molecule has 10 heavy (non-hydrogen) atoms. The molecule has 0 aliphatic rings. The second-order valence-electron chi connectivity index (χ2n) is 2.03. The van der Waals surface area contributed by atoms with Gasteiger partial charge in [0.15, 0.2) is 0 Å². The summed E-state index contributed by atoms with van der Waals surface area (Å²) >= 11 is 0. The smallest absolute Gasteiger partial charge is 0.109 e. The second-order valence-corrected chi connectivity index (χ2v) is 2.03. The Morgan fingerprint density at radius 3 is 3.00 bits per heavy atom. The monoisotopic (exact) mass is 142 g/mol. The summed E-state index contributed by atoms with van der Waals surface area (Å²) < 4.78 is 1.50. The topological polar surface area (TPSA) is 77.0 Å². The predicted molar refractivity (Wildman–Crippen MR) is 35.0 cm³/mol.